The van der Waals surface area contributed by atoms with Crippen molar-refractivity contribution in [2.45, 2.75) is 32.9 Å². The minimum absolute atomic E-state index is 0.0145. The van der Waals surface area contributed by atoms with E-state index in [0.29, 0.717) is 5.56 Å². The van der Waals surface area contributed by atoms with E-state index in [1.165, 1.54) is 6.07 Å². The van der Waals surface area contributed by atoms with Crippen LogP contribution in [-0.4, -0.2) is 11.2 Å². The number of benzene rings is 1. The molecule has 15 heavy (non-hydrogen) atoms. The number of aryl methyl sites for hydroxylation is 1. The van der Waals surface area contributed by atoms with Crippen LogP contribution in [-0.2, 0) is 0 Å². The molecule has 0 spiro atoms. The lowest BCUT2D eigenvalue weighted by molar-refractivity contribution is 0.0966. The van der Waals surface area contributed by atoms with Crippen molar-refractivity contribution in [3.8, 4) is 0 Å². The average molecular weight is 211 g/mol. The molecule has 0 amide bonds. The van der Waals surface area contributed by atoms with E-state index >= 15 is 0 Å². The van der Waals surface area contributed by atoms with Crippen molar-refractivity contribution in [1.29, 1.82) is 0 Å². The number of aliphatic hydroxyl groups excluding tert-OH is 1. The number of aliphatic hydroxyl groups is 1. The summed E-state index contributed by atoms with van der Waals surface area (Å²) >= 11 is 0. The molecule has 84 valence electrons. The standard InChI is InChI=1S/C12H18FNO/c1-7(2)12(15)11(14)9-5-4-8(3)6-10(9)13/h4-7,11-12,15H,14H2,1-3H3/t11-,12+/m0/s1. The minimum atomic E-state index is -0.720. The van der Waals surface area contributed by atoms with Crippen LogP contribution in [0.4, 0.5) is 4.39 Å². The van der Waals surface area contributed by atoms with Crippen LogP contribution in [0.5, 0.6) is 0 Å². The maximum Gasteiger partial charge on any atom is 0.128 e. The minimum Gasteiger partial charge on any atom is -0.391 e. The highest BCUT2D eigenvalue weighted by molar-refractivity contribution is 5.26. The molecule has 0 fully saturated rings. The summed E-state index contributed by atoms with van der Waals surface area (Å²) in [5.74, 6) is -0.331. The van der Waals surface area contributed by atoms with Crippen molar-refractivity contribution in [1.82, 2.24) is 0 Å². The summed E-state index contributed by atoms with van der Waals surface area (Å²) in [5, 5.41) is 9.75. The fraction of sp³-hybridized carbons (Fsp3) is 0.500. The second-order valence-corrected chi connectivity index (χ2v) is 4.29. The largest absolute Gasteiger partial charge is 0.391 e. The predicted molar refractivity (Wildman–Crippen MR) is 58.9 cm³/mol. The van der Waals surface area contributed by atoms with Crippen LogP contribution in [0.2, 0.25) is 0 Å². The fourth-order valence-electron chi connectivity index (χ4n) is 1.50. The topological polar surface area (TPSA) is 46.2 Å². The molecule has 3 N–H and O–H groups in total. The third-order valence-electron chi connectivity index (χ3n) is 2.57. The van der Waals surface area contributed by atoms with Gasteiger partial charge in [0.25, 0.3) is 0 Å². The van der Waals surface area contributed by atoms with Gasteiger partial charge in [-0.25, -0.2) is 4.39 Å². The first-order valence-electron chi connectivity index (χ1n) is 5.13. The molecule has 1 rings (SSSR count). The fourth-order valence-corrected chi connectivity index (χ4v) is 1.50. The molecule has 0 saturated heterocycles. The zero-order chi connectivity index (χ0) is 11.6. The van der Waals surface area contributed by atoms with Gasteiger partial charge in [0.1, 0.15) is 5.82 Å². The summed E-state index contributed by atoms with van der Waals surface area (Å²) in [4.78, 5) is 0. The maximum absolute atomic E-state index is 13.5. The van der Waals surface area contributed by atoms with Gasteiger partial charge in [0.2, 0.25) is 0 Å². The highest BCUT2D eigenvalue weighted by Crippen LogP contribution is 2.22. The first-order valence-corrected chi connectivity index (χ1v) is 5.13. The predicted octanol–water partition coefficient (Wildman–Crippen LogP) is 2.15. The Hall–Kier alpha value is -0.930. The smallest absolute Gasteiger partial charge is 0.128 e. The number of hydrogen-bond donors (Lipinski definition) is 2. The van der Waals surface area contributed by atoms with Gasteiger partial charge in [-0.3, -0.25) is 0 Å². The quantitative estimate of drug-likeness (QED) is 0.804. The van der Waals surface area contributed by atoms with Crippen molar-refractivity contribution in [2.24, 2.45) is 11.7 Å². The Morgan fingerprint density at radius 2 is 1.93 bits per heavy atom. The zero-order valence-electron chi connectivity index (χ0n) is 9.37. The van der Waals surface area contributed by atoms with Gasteiger partial charge < -0.3 is 10.8 Å². The van der Waals surface area contributed by atoms with E-state index < -0.39 is 12.1 Å². The molecule has 1 aromatic carbocycles. The molecule has 0 aliphatic heterocycles. The molecule has 0 bridgehead atoms. The molecule has 0 aliphatic rings. The lowest BCUT2D eigenvalue weighted by Gasteiger charge is -2.22. The molecule has 1 aromatic rings. The normalized spacial score (nSPS) is 15.4. The van der Waals surface area contributed by atoms with Gasteiger partial charge in [-0.05, 0) is 24.5 Å². The van der Waals surface area contributed by atoms with E-state index in [-0.39, 0.29) is 11.7 Å². The third kappa shape index (κ3) is 2.76. The molecule has 0 unspecified atom stereocenters. The van der Waals surface area contributed by atoms with Crippen molar-refractivity contribution >= 4 is 0 Å². The molecule has 0 aliphatic carbocycles. The van der Waals surface area contributed by atoms with Gasteiger partial charge >= 0.3 is 0 Å². The highest BCUT2D eigenvalue weighted by Gasteiger charge is 2.22. The molecule has 0 saturated carbocycles. The Bertz CT molecular complexity index is 338. The summed E-state index contributed by atoms with van der Waals surface area (Å²) in [6, 6.07) is 4.21. The van der Waals surface area contributed by atoms with Gasteiger partial charge in [-0.2, -0.15) is 0 Å². The molecular formula is C12H18FNO. The molecule has 0 aromatic heterocycles. The van der Waals surface area contributed by atoms with E-state index in [1.54, 1.807) is 12.1 Å². The first-order chi connectivity index (χ1) is 6.93. The van der Waals surface area contributed by atoms with E-state index in [9.17, 15) is 9.50 Å². The van der Waals surface area contributed by atoms with Crippen molar-refractivity contribution < 1.29 is 9.50 Å². The number of hydrogen-bond acceptors (Lipinski definition) is 2. The first kappa shape index (κ1) is 12.1. The summed E-state index contributed by atoms with van der Waals surface area (Å²) in [7, 11) is 0. The SMILES string of the molecule is Cc1ccc([C@H](N)[C@H](O)C(C)C)c(F)c1. The molecule has 2 atom stereocenters. The molecule has 0 radical (unpaired) electrons. The van der Waals surface area contributed by atoms with Crippen molar-refractivity contribution in [3.63, 3.8) is 0 Å². The Kier molecular flexibility index (Phi) is 3.83. The van der Waals surface area contributed by atoms with E-state index in [4.69, 9.17) is 5.73 Å². The summed E-state index contributed by atoms with van der Waals surface area (Å²) in [6.07, 6.45) is -0.720. The van der Waals surface area contributed by atoms with Gasteiger partial charge in [0, 0.05) is 5.56 Å². The van der Waals surface area contributed by atoms with Crippen LogP contribution in [0.25, 0.3) is 0 Å². The van der Waals surface area contributed by atoms with E-state index in [1.807, 2.05) is 20.8 Å². The Morgan fingerprint density at radius 3 is 2.40 bits per heavy atom. The van der Waals surface area contributed by atoms with Crippen LogP contribution in [0, 0.1) is 18.7 Å². The zero-order valence-corrected chi connectivity index (χ0v) is 9.37. The van der Waals surface area contributed by atoms with Gasteiger partial charge in [0.05, 0.1) is 12.1 Å². The molecule has 3 heteroatoms. The van der Waals surface area contributed by atoms with Crippen LogP contribution in [0.3, 0.4) is 0 Å². The monoisotopic (exact) mass is 211 g/mol. The van der Waals surface area contributed by atoms with Crippen LogP contribution in [0.15, 0.2) is 18.2 Å². The highest BCUT2D eigenvalue weighted by atomic mass is 19.1. The van der Waals surface area contributed by atoms with E-state index in [2.05, 4.69) is 0 Å². The maximum atomic E-state index is 13.5. The van der Waals surface area contributed by atoms with Crippen LogP contribution < -0.4 is 5.73 Å². The lowest BCUT2D eigenvalue weighted by Crippen LogP contribution is -2.31. The van der Waals surface area contributed by atoms with Crippen molar-refractivity contribution in [3.05, 3.63) is 35.1 Å². The third-order valence-corrected chi connectivity index (χ3v) is 2.57. The van der Waals surface area contributed by atoms with Gasteiger partial charge in [-0.15, -0.1) is 0 Å². The molecule has 2 nitrogen and oxygen atoms in total. The summed E-state index contributed by atoms with van der Waals surface area (Å²) in [6.45, 7) is 5.53. The second kappa shape index (κ2) is 4.73. The van der Waals surface area contributed by atoms with Crippen molar-refractivity contribution in [2.75, 3.05) is 0 Å². The average Bonchev–Trinajstić information content (AvgIpc) is 2.15. The van der Waals surface area contributed by atoms with Crippen LogP contribution >= 0.6 is 0 Å². The van der Waals surface area contributed by atoms with E-state index in [0.717, 1.165) is 5.56 Å². The number of halogens is 1. The second-order valence-electron chi connectivity index (χ2n) is 4.29. The Labute approximate surface area is 89.9 Å². The molecule has 0 heterocycles. The van der Waals surface area contributed by atoms with Gasteiger partial charge in [0.15, 0.2) is 0 Å². The molecular weight excluding hydrogens is 193 g/mol. The Balaban J connectivity index is 2.96. The Morgan fingerprint density at radius 1 is 1.33 bits per heavy atom. The van der Waals surface area contributed by atoms with Gasteiger partial charge in [-0.1, -0.05) is 26.0 Å². The van der Waals surface area contributed by atoms with Crippen LogP contribution in [0.1, 0.15) is 31.0 Å². The lowest BCUT2D eigenvalue weighted by atomic mass is 9.93. The summed E-state index contributed by atoms with van der Waals surface area (Å²) < 4.78 is 13.5. The number of rotatable bonds is 3. The number of nitrogens with two attached hydrogens (primary N) is 1. The summed E-state index contributed by atoms with van der Waals surface area (Å²) in [5.41, 5.74) is 7.03.